The zero-order valence-electron chi connectivity index (χ0n) is 10.1. The Hall–Kier alpha value is -1.10. The molecule has 0 aromatic carbocycles. The van der Waals surface area contributed by atoms with E-state index in [0.29, 0.717) is 38.3 Å². The highest BCUT2D eigenvalue weighted by Crippen LogP contribution is 2.33. The maximum absolute atomic E-state index is 11.9. The second-order valence-corrected chi connectivity index (χ2v) is 5.26. The van der Waals surface area contributed by atoms with Gasteiger partial charge in [-0.05, 0) is 31.6 Å². The molecule has 1 atom stereocenters. The second kappa shape index (κ2) is 5.04. The molecule has 2 fully saturated rings. The minimum Gasteiger partial charge on any atom is -0.369 e. The van der Waals surface area contributed by atoms with Gasteiger partial charge in [0.05, 0.1) is 0 Å². The molecule has 5 nitrogen and oxygen atoms in total. The summed E-state index contributed by atoms with van der Waals surface area (Å²) >= 11 is 0. The van der Waals surface area contributed by atoms with Gasteiger partial charge in [0.15, 0.2) is 0 Å². The van der Waals surface area contributed by atoms with Gasteiger partial charge in [0.25, 0.3) is 0 Å². The molecule has 1 saturated carbocycles. The van der Waals surface area contributed by atoms with Crippen molar-refractivity contribution in [2.75, 3.05) is 13.1 Å². The molecule has 2 amide bonds. The first-order valence-electron chi connectivity index (χ1n) is 6.40. The molecule has 96 valence electrons. The molecule has 4 N–H and O–H groups in total. The highest BCUT2D eigenvalue weighted by atomic mass is 16.2. The van der Waals surface area contributed by atoms with E-state index in [0.717, 1.165) is 12.8 Å². The van der Waals surface area contributed by atoms with Gasteiger partial charge in [-0.15, -0.1) is 0 Å². The van der Waals surface area contributed by atoms with Gasteiger partial charge >= 0.3 is 0 Å². The van der Waals surface area contributed by atoms with E-state index in [-0.39, 0.29) is 23.8 Å². The summed E-state index contributed by atoms with van der Waals surface area (Å²) in [5.74, 6) is 0.386. The van der Waals surface area contributed by atoms with Crippen molar-refractivity contribution in [3.05, 3.63) is 0 Å². The van der Waals surface area contributed by atoms with Gasteiger partial charge in [0.1, 0.15) is 0 Å². The van der Waals surface area contributed by atoms with Crippen LogP contribution in [0.25, 0.3) is 0 Å². The molecule has 1 unspecified atom stereocenters. The van der Waals surface area contributed by atoms with Gasteiger partial charge in [0, 0.05) is 31.5 Å². The van der Waals surface area contributed by atoms with Crippen LogP contribution >= 0.6 is 0 Å². The Bertz CT molecular complexity index is 307. The molecule has 0 aromatic heterocycles. The van der Waals surface area contributed by atoms with Gasteiger partial charge < -0.3 is 16.4 Å². The number of rotatable bonds is 4. The van der Waals surface area contributed by atoms with E-state index < -0.39 is 0 Å². The summed E-state index contributed by atoms with van der Waals surface area (Å²) in [7, 11) is 0. The van der Waals surface area contributed by atoms with Crippen molar-refractivity contribution in [1.29, 1.82) is 0 Å². The van der Waals surface area contributed by atoms with E-state index in [9.17, 15) is 9.59 Å². The standard InChI is InChI=1S/C12H21N3O2/c13-10(8-1-2-8)7-11(16)15-5-3-9(4-6-15)12(14)17/h8-10H,1-7,13H2,(H2,14,17). The lowest BCUT2D eigenvalue weighted by atomic mass is 9.96. The minimum absolute atomic E-state index is 0.0244. The van der Waals surface area contributed by atoms with Gasteiger partial charge in [-0.2, -0.15) is 0 Å². The van der Waals surface area contributed by atoms with E-state index in [1.165, 1.54) is 0 Å². The zero-order chi connectivity index (χ0) is 12.4. The SMILES string of the molecule is NC(=O)C1CCN(C(=O)CC(N)C2CC2)CC1. The number of primary amides is 1. The fraction of sp³-hybridized carbons (Fsp3) is 0.833. The van der Waals surface area contributed by atoms with Crippen molar-refractivity contribution in [2.45, 2.75) is 38.1 Å². The topological polar surface area (TPSA) is 89.4 Å². The fourth-order valence-corrected chi connectivity index (χ4v) is 2.44. The number of amides is 2. The highest BCUT2D eigenvalue weighted by molar-refractivity contribution is 5.79. The quantitative estimate of drug-likeness (QED) is 0.714. The van der Waals surface area contributed by atoms with Gasteiger partial charge in [0.2, 0.25) is 11.8 Å². The van der Waals surface area contributed by atoms with Crippen LogP contribution in [0.5, 0.6) is 0 Å². The van der Waals surface area contributed by atoms with Gasteiger partial charge in [-0.25, -0.2) is 0 Å². The molecular weight excluding hydrogens is 218 g/mol. The second-order valence-electron chi connectivity index (χ2n) is 5.26. The molecule has 1 saturated heterocycles. The van der Waals surface area contributed by atoms with Gasteiger partial charge in [-0.1, -0.05) is 0 Å². The smallest absolute Gasteiger partial charge is 0.224 e. The third-order valence-corrected chi connectivity index (χ3v) is 3.89. The first-order chi connectivity index (χ1) is 8.08. The van der Waals surface area contributed by atoms with Crippen molar-refractivity contribution in [2.24, 2.45) is 23.3 Å². The number of carbonyl (C=O) groups excluding carboxylic acids is 2. The average Bonchev–Trinajstić information content (AvgIpc) is 3.12. The molecule has 1 aliphatic heterocycles. The van der Waals surface area contributed by atoms with E-state index in [4.69, 9.17) is 11.5 Å². The third kappa shape index (κ3) is 3.19. The van der Waals surface area contributed by atoms with E-state index in [1.807, 2.05) is 4.90 Å². The molecular formula is C12H21N3O2. The number of nitrogens with two attached hydrogens (primary N) is 2. The van der Waals surface area contributed by atoms with Crippen LogP contribution in [0.1, 0.15) is 32.1 Å². The van der Waals surface area contributed by atoms with Crippen LogP contribution in [0.3, 0.4) is 0 Å². The van der Waals surface area contributed by atoms with Crippen molar-refractivity contribution < 1.29 is 9.59 Å². The molecule has 1 aliphatic carbocycles. The molecule has 0 spiro atoms. The zero-order valence-corrected chi connectivity index (χ0v) is 10.1. The van der Waals surface area contributed by atoms with Crippen molar-refractivity contribution >= 4 is 11.8 Å². The molecule has 0 radical (unpaired) electrons. The average molecular weight is 239 g/mol. The summed E-state index contributed by atoms with van der Waals surface area (Å²) < 4.78 is 0. The molecule has 17 heavy (non-hydrogen) atoms. The largest absolute Gasteiger partial charge is 0.369 e. The monoisotopic (exact) mass is 239 g/mol. The summed E-state index contributed by atoms with van der Waals surface area (Å²) in [5.41, 5.74) is 11.2. The fourth-order valence-electron chi connectivity index (χ4n) is 2.44. The first kappa shape index (κ1) is 12.4. The Morgan fingerprint density at radius 3 is 2.24 bits per heavy atom. The van der Waals surface area contributed by atoms with Crippen molar-refractivity contribution in [1.82, 2.24) is 4.90 Å². The Balaban J connectivity index is 1.75. The van der Waals surface area contributed by atoms with Crippen LogP contribution < -0.4 is 11.5 Å². The Labute approximate surface area is 102 Å². The first-order valence-corrected chi connectivity index (χ1v) is 6.40. The normalized spacial score (nSPS) is 23.5. The number of piperidine rings is 1. The molecule has 0 aromatic rings. The van der Waals surface area contributed by atoms with Crippen LogP contribution in [-0.4, -0.2) is 35.8 Å². The predicted octanol–water partition coefficient (Wildman–Crippen LogP) is -0.162. The van der Waals surface area contributed by atoms with Crippen LogP contribution in [-0.2, 0) is 9.59 Å². The number of hydrogen-bond donors (Lipinski definition) is 2. The van der Waals surface area contributed by atoms with Crippen molar-refractivity contribution in [3.63, 3.8) is 0 Å². The highest BCUT2D eigenvalue weighted by Gasteiger charge is 2.32. The third-order valence-electron chi connectivity index (χ3n) is 3.89. The maximum atomic E-state index is 11.9. The number of carbonyl (C=O) groups is 2. The number of likely N-dealkylation sites (tertiary alicyclic amines) is 1. The van der Waals surface area contributed by atoms with Crippen LogP contribution in [0.2, 0.25) is 0 Å². The molecule has 2 rings (SSSR count). The minimum atomic E-state index is -0.244. The van der Waals surface area contributed by atoms with Gasteiger partial charge in [-0.3, -0.25) is 9.59 Å². The Morgan fingerprint density at radius 1 is 1.18 bits per heavy atom. The van der Waals surface area contributed by atoms with Crippen LogP contribution in [0.15, 0.2) is 0 Å². The Kier molecular flexibility index (Phi) is 3.66. The Morgan fingerprint density at radius 2 is 1.76 bits per heavy atom. The lowest BCUT2D eigenvalue weighted by Crippen LogP contribution is -2.43. The van der Waals surface area contributed by atoms with E-state index in [2.05, 4.69) is 0 Å². The molecule has 1 heterocycles. The number of hydrogen-bond acceptors (Lipinski definition) is 3. The molecule has 0 bridgehead atoms. The van der Waals surface area contributed by atoms with E-state index in [1.54, 1.807) is 0 Å². The summed E-state index contributed by atoms with van der Waals surface area (Å²) in [6.07, 6.45) is 4.17. The number of nitrogens with zero attached hydrogens (tertiary/aromatic N) is 1. The maximum Gasteiger partial charge on any atom is 0.224 e. The summed E-state index contributed by atoms with van der Waals surface area (Å²) in [6.45, 7) is 1.29. The van der Waals surface area contributed by atoms with E-state index >= 15 is 0 Å². The summed E-state index contributed by atoms with van der Waals surface area (Å²) in [4.78, 5) is 24.8. The predicted molar refractivity (Wildman–Crippen MR) is 63.8 cm³/mol. The van der Waals surface area contributed by atoms with Crippen LogP contribution in [0, 0.1) is 11.8 Å². The molecule has 5 heteroatoms. The lowest BCUT2D eigenvalue weighted by Gasteiger charge is -2.31. The molecule has 2 aliphatic rings. The van der Waals surface area contributed by atoms with Crippen molar-refractivity contribution in [3.8, 4) is 0 Å². The summed E-state index contributed by atoms with van der Waals surface area (Å²) in [5, 5.41) is 0. The summed E-state index contributed by atoms with van der Waals surface area (Å²) in [6, 6.07) is 0.0244. The van der Waals surface area contributed by atoms with Crippen LogP contribution in [0.4, 0.5) is 0 Å². The lowest BCUT2D eigenvalue weighted by molar-refractivity contribution is -0.135.